The minimum atomic E-state index is -3.15. The quantitative estimate of drug-likeness (QED) is 0.659. The fourth-order valence-corrected chi connectivity index (χ4v) is 1.62. The molecule has 0 aliphatic heterocycles. The van der Waals surface area contributed by atoms with Crippen LogP contribution in [0.1, 0.15) is 13.3 Å². The summed E-state index contributed by atoms with van der Waals surface area (Å²) in [6.45, 7) is 3.36. The van der Waals surface area contributed by atoms with E-state index in [1.807, 2.05) is 6.92 Å². The number of sulfonamides is 1. The van der Waals surface area contributed by atoms with E-state index in [1.54, 1.807) is 6.07 Å². The van der Waals surface area contributed by atoms with Gasteiger partial charge in [0.05, 0.1) is 12.9 Å². The normalized spacial score (nSPS) is 11.2. The Morgan fingerprint density at radius 3 is 2.78 bits per heavy atom. The van der Waals surface area contributed by atoms with E-state index in [9.17, 15) is 8.42 Å². The largest absolute Gasteiger partial charge is 0.478 e. The third-order valence-corrected chi connectivity index (χ3v) is 2.62. The molecular weight excluding hydrogens is 256 g/mol. The second kappa shape index (κ2) is 7.12. The Bertz CT molecular complexity index is 464. The van der Waals surface area contributed by atoms with E-state index in [2.05, 4.69) is 20.0 Å². The number of anilines is 1. The molecule has 1 aromatic heterocycles. The van der Waals surface area contributed by atoms with Crippen LogP contribution >= 0.6 is 0 Å². The van der Waals surface area contributed by atoms with Crippen LogP contribution in [0.4, 0.5) is 5.82 Å². The molecule has 0 radical (unpaired) electrons. The first-order valence-electron chi connectivity index (χ1n) is 5.64. The van der Waals surface area contributed by atoms with Gasteiger partial charge in [-0.05, 0) is 6.42 Å². The van der Waals surface area contributed by atoms with Gasteiger partial charge in [-0.2, -0.15) is 0 Å². The molecule has 0 fully saturated rings. The molecule has 0 amide bonds. The summed E-state index contributed by atoms with van der Waals surface area (Å²) in [7, 11) is -3.15. The number of nitrogens with zero attached hydrogens (tertiary/aromatic N) is 2. The van der Waals surface area contributed by atoms with Gasteiger partial charge >= 0.3 is 0 Å². The average molecular weight is 274 g/mol. The van der Waals surface area contributed by atoms with E-state index in [1.165, 1.54) is 6.33 Å². The summed E-state index contributed by atoms with van der Waals surface area (Å²) in [6.07, 6.45) is 3.43. The smallest absolute Gasteiger partial charge is 0.218 e. The molecule has 0 aliphatic carbocycles. The summed E-state index contributed by atoms with van der Waals surface area (Å²) in [5, 5.41) is 2.98. The molecular formula is C10H18N4O3S. The van der Waals surface area contributed by atoms with Crippen molar-refractivity contribution < 1.29 is 13.2 Å². The number of aromatic nitrogens is 2. The van der Waals surface area contributed by atoms with E-state index in [-0.39, 0.29) is 0 Å². The molecule has 102 valence electrons. The summed E-state index contributed by atoms with van der Waals surface area (Å²) in [5.41, 5.74) is 0. The summed E-state index contributed by atoms with van der Waals surface area (Å²) < 4.78 is 29.4. The van der Waals surface area contributed by atoms with Gasteiger partial charge in [0.2, 0.25) is 15.9 Å². The minimum absolute atomic E-state index is 0.300. The molecule has 0 saturated heterocycles. The molecule has 1 heterocycles. The van der Waals surface area contributed by atoms with Crippen molar-refractivity contribution in [2.45, 2.75) is 13.3 Å². The van der Waals surface area contributed by atoms with Gasteiger partial charge in [0, 0.05) is 19.2 Å². The molecule has 0 bridgehead atoms. The number of hydrogen-bond acceptors (Lipinski definition) is 6. The van der Waals surface area contributed by atoms with Crippen molar-refractivity contribution in [1.29, 1.82) is 0 Å². The third-order valence-electron chi connectivity index (χ3n) is 1.89. The molecule has 0 spiro atoms. The first-order valence-corrected chi connectivity index (χ1v) is 7.54. The van der Waals surface area contributed by atoms with Gasteiger partial charge in [-0.3, -0.25) is 0 Å². The lowest BCUT2D eigenvalue weighted by Crippen LogP contribution is -2.27. The number of hydrogen-bond donors (Lipinski definition) is 2. The lowest BCUT2D eigenvalue weighted by molar-refractivity contribution is 0.305. The van der Waals surface area contributed by atoms with Crippen molar-refractivity contribution in [3.63, 3.8) is 0 Å². The third kappa shape index (κ3) is 6.36. The van der Waals surface area contributed by atoms with Crippen LogP contribution in [-0.2, 0) is 10.0 Å². The Morgan fingerprint density at radius 2 is 2.11 bits per heavy atom. The Labute approximate surface area is 107 Å². The maximum absolute atomic E-state index is 10.8. The van der Waals surface area contributed by atoms with Crippen LogP contribution in [0.25, 0.3) is 0 Å². The highest BCUT2D eigenvalue weighted by Crippen LogP contribution is 2.10. The van der Waals surface area contributed by atoms with Crippen LogP contribution in [0, 0.1) is 0 Å². The van der Waals surface area contributed by atoms with Gasteiger partial charge in [-0.1, -0.05) is 6.92 Å². The molecule has 0 unspecified atom stereocenters. The van der Waals surface area contributed by atoms with E-state index in [0.29, 0.717) is 31.4 Å². The maximum atomic E-state index is 10.8. The number of nitrogens with one attached hydrogen (secondary N) is 2. The van der Waals surface area contributed by atoms with Crippen molar-refractivity contribution in [2.24, 2.45) is 0 Å². The van der Waals surface area contributed by atoms with Gasteiger partial charge in [0.25, 0.3) is 0 Å². The lowest BCUT2D eigenvalue weighted by Gasteiger charge is -2.07. The fourth-order valence-electron chi connectivity index (χ4n) is 1.15. The summed E-state index contributed by atoms with van der Waals surface area (Å²) in [6, 6.07) is 1.68. The second-order valence-electron chi connectivity index (χ2n) is 3.68. The van der Waals surface area contributed by atoms with Gasteiger partial charge in [0.1, 0.15) is 12.1 Å². The molecule has 8 heteroatoms. The van der Waals surface area contributed by atoms with Gasteiger partial charge in [-0.15, -0.1) is 0 Å². The Balaban J connectivity index is 2.38. The zero-order valence-corrected chi connectivity index (χ0v) is 11.3. The maximum Gasteiger partial charge on any atom is 0.218 e. The van der Waals surface area contributed by atoms with Crippen molar-refractivity contribution in [1.82, 2.24) is 14.7 Å². The fraction of sp³-hybridized carbons (Fsp3) is 0.600. The van der Waals surface area contributed by atoms with E-state index in [4.69, 9.17) is 4.74 Å². The van der Waals surface area contributed by atoms with Crippen LogP contribution in [0.5, 0.6) is 5.88 Å². The first kappa shape index (κ1) is 14.7. The van der Waals surface area contributed by atoms with Gasteiger partial charge in [-0.25, -0.2) is 23.1 Å². The zero-order chi connectivity index (χ0) is 13.4. The van der Waals surface area contributed by atoms with Crippen LogP contribution in [0.15, 0.2) is 12.4 Å². The molecule has 0 aromatic carbocycles. The molecule has 1 rings (SSSR count). The van der Waals surface area contributed by atoms with Crippen LogP contribution in [0.3, 0.4) is 0 Å². The SMILES string of the molecule is CCCOc1cc(NCCNS(C)(=O)=O)ncn1. The van der Waals surface area contributed by atoms with E-state index >= 15 is 0 Å². The van der Waals surface area contributed by atoms with Crippen LogP contribution in [-0.4, -0.2) is 44.3 Å². The van der Waals surface area contributed by atoms with Crippen molar-refractivity contribution >= 4 is 15.8 Å². The Hall–Kier alpha value is -1.41. The molecule has 7 nitrogen and oxygen atoms in total. The van der Waals surface area contributed by atoms with Crippen LogP contribution < -0.4 is 14.8 Å². The van der Waals surface area contributed by atoms with Crippen LogP contribution in [0.2, 0.25) is 0 Å². The predicted molar refractivity (Wildman–Crippen MR) is 69.2 cm³/mol. The highest BCUT2D eigenvalue weighted by molar-refractivity contribution is 7.88. The summed E-state index contributed by atoms with van der Waals surface area (Å²) >= 11 is 0. The Kier molecular flexibility index (Phi) is 5.79. The predicted octanol–water partition coefficient (Wildman–Crippen LogP) is 0.226. The van der Waals surface area contributed by atoms with Crippen molar-refractivity contribution in [3.8, 4) is 5.88 Å². The minimum Gasteiger partial charge on any atom is -0.478 e. The molecule has 0 atom stereocenters. The van der Waals surface area contributed by atoms with Crippen molar-refractivity contribution in [2.75, 3.05) is 31.3 Å². The van der Waals surface area contributed by atoms with Gasteiger partial charge < -0.3 is 10.1 Å². The van der Waals surface area contributed by atoms with Crippen molar-refractivity contribution in [3.05, 3.63) is 12.4 Å². The zero-order valence-electron chi connectivity index (χ0n) is 10.5. The second-order valence-corrected chi connectivity index (χ2v) is 5.52. The molecule has 1 aromatic rings. The highest BCUT2D eigenvalue weighted by atomic mass is 32.2. The lowest BCUT2D eigenvalue weighted by atomic mass is 10.5. The van der Waals surface area contributed by atoms with Gasteiger partial charge in [0.15, 0.2) is 0 Å². The monoisotopic (exact) mass is 274 g/mol. The standard InChI is InChI=1S/C10H18N4O3S/c1-3-6-17-10-7-9(12-8-13-10)11-4-5-14-18(2,15)16/h7-8,14H,3-6H2,1-2H3,(H,11,12,13). The first-order chi connectivity index (χ1) is 8.51. The summed E-state index contributed by atoms with van der Waals surface area (Å²) in [4.78, 5) is 7.96. The number of ether oxygens (including phenoxy) is 1. The number of rotatable bonds is 8. The Morgan fingerprint density at radius 1 is 1.33 bits per heavy atom. The average Bonchev–Trinajstić information content (AvgIpc) is 2.31. The van der Waals surface area contributed by atoms with E-state index in [0.717, 1.165) is 12.7 Å². The summed E-state index contributed by atoms with van der Waals surface area (Å²) in [5.74, 6) is 1.11. The molecule has 2 N–H and O–H groups in total. The highest BCUT2D eigenvalue weighted by Gasteiger charge is 2.01. The molecule has 18 heavy (non-hydrogen) atoms. The molecule has 0 saturated carbocycles. The van der Waals surface area contributed by atoms with E-state index < -0.39 is 10.0 Å². The molecule has 0 aliphatic rings. The topological polar surface area (TPSA) is 93.2 Å².